The molecule has 0 saturated heterocycles. The molecular weight excluding hydrogens is 270 g/mol. The molecule has 0 atom stereocenters. The van der Waals surface area contributed by atoms with Crippen molar-refractivity contribution in [1.29, 1.82) is 0 Å². The topological polar surface area (TPSA) is 68.0 Å². The molecule has 1 aliphatic rings. The highest BCUT2D eigenvalue weighted by atomic mass is 16.6. The molecule has 1 fully saturated rings. The van der Waals surface area contributed by atoms with E-state index < -0.39 is 17.5 Å². The SMILES string of the molecule is [C-]#[N+]c1ccc(C2(OC(=O)CC(=C)C(=O)O)CCC2)cc1. The zero-order valence-electron chi connectivity index (χ0n) is 11.5. The number of benzene rings is 1. The van der Waals surface area contributed by atoms with Crippen LogP contribution in [0.1, 0.15) is 31.2 Å². The van der Waals surface area contributed by atoms with Crippen LogP contribution < -0.4 is 0 Å². The molecule has 1 aromatic carbocycles. The van der Waals surface area contributed by atoms with Gasteiger partial charge in [0.1, 0.15) is 5.60 Å². The molecule has 1 aromatic rings. The zero-order chi connectivity index (χ0) is 15.5. The van der Waals surface area contributed by atoms with E-state index in [1.165, 1.54) is 0 Å². The van der Waals surface area contributed by atoms with Crippen molar-refractivity contribution in [2.75, 3.05) is 0 Å². The predicted molar refractivity (Wildman–Crippen MR) is 75.7 cm³/mol. The van der Waals surface area contributed by atoms with Crippen LogP contribution in [0.3, 0.4) is 0 Å². The summed E-state index contributed by atoms with van der Waals surface area (Å²) in [4.78, 5) is 25.9. The summed E-state index contributed by atoms with van der Waals surface area (Å²) in [6.07, 6.45) is 2.03. The average Bonchev–Trinajstić information content (AvgIpc) is 2.43. The van der Waals surface area contributed by atoms with Crippen LogP contribution in [-0.4, -0.2) is 17.0 Å². The second-order valence-electron chi connectivity index (χ2n) is 5.07. The predicted octanol–water partition coefficient (Wildman–Crippen LogP) is 3.19. The van der Waals surface area contributed by atoms with Crippen LogP contribution in [0.4, 0.5) is 5.69 Å². The van der Waals surface area contributed by atoms with Crippen molar-refractivity contribution in [3.05, 3.63) is 53.4 Å². The third-order valence-electron chi connectivity index (χ3n) is 3.65. The molecule has 21 heavy (non-hydrogen) atoms. The molecular formula is C16H15NO4. The summed E-state index contributed by atoms with van der Waals surface area (Å²) in [6, 6.07) is 6.94. The second kappa shape index (κ2) is 5.80. The van der Waals surface area contributed by atoms with Gasteiger partial charge in [0.25, 0.3) is 0 Å². The van der Waals surface area contributed by atoms with Gasteiger partial charge in [0.2, 0.25) is 0 Å². The highest BCUT2D eigenvalue weighted by Gasteiger charge is 2.42. The summed E-state index contributed by atoms with van der Waals surface area (Å²) in [5.74, 6) is -1.78. The summed E-state index contributed by atoms with van der Waals surface area (Å²) in [6.45, 7) is 10.3. The summed E-state index contributed by atoms with van der Waals surface area (Å²) in [5, 5.41) is 8.74. The third-order valence-corrected chi connectivity index (χ3v) is 3.65. The average molecular weight is 285 g/mol. The molecule has 1 saturated carbocycles. The Bertz CT molecular complexity index is 621. The Hall–Kier alpha value is -2.61. The lowest BCUT2D eigenvalue weighted by Crippen LogP contribution is -2.39. The van der Waals surface area contributed by atoms with Crippen LogP contribution in [-0.2, 0) is 19.9 Å². The Balaban J connectivity index is 2.11. The Morgan fingerprint density at radius 1 is 1.33 bits per heavy atom. The summed E-state index contributed by atoms with van der Waals surface area (Å²) in [5.41, 5.74) is 0.503. The van der Waals surface area contributed by atoms with Gasteiger partial charge in [-0.15, -0.1) is 0 Å². The molecule has 108 valence electrons. The monoisotopic (exact) mass is 285 g/mol. The van der Waals surface area contributed by atoms with Crippen molar-refractivity contribution in [3.63, 3.8) is 0 Å². The Morgan fingerprint density at radius 2 is 1.95 bits per heavy atom. The standard InChI is InChI=1S/C16H15NO4/c1-11(15(19)20)10-14(18)21-16(8-3-9-16)12-4-6-13(17-2)7-5-12/h4-7H,1,3,8-10H2,(H,19,20). The van der Waals surface area contributed by atoms with Crippen molar-refractivity contribution in [2.45, 2.75) is 31.3 Å². The molecule has 0 radical (unpaired) electrons. The molecule has 0 aliphatic heterocycles. The lowest BCUT2D eigenvalue weighted by Gasteiger charge is -2.41. The van der Waals surface area contributed by atoms with Crippen molar-refractivity contribution in [2.24, 2.45) is 0 Å². The number of esters is 1. The van der Waals surface area contributed by atoms with Gasteiger partial charge in [-0.25, -0.2) is 9.64 Å². The number of hydrogen-bond acceptors (Lipinski definition) is 3. The summed E-state index contributed by atoms with van der Waals surface area (Å²) >= 11 is 0. The first-order valence-electron chi connectivity index (χ1n) is 6.58. The van der Waals surface area contributed by atoms with E-state index in [9.17, 15) is 9.59 Å². The number of carbonyl (C=O) groups excluding carboxylic acids is 1. The van der Waals surface area contributed by atoms with E-state index in [1.54, 1.807) is 24.3 Å². The van der Waals surface area contributed by atoms with Gasteiger partial charge in [0, 0.05) is 5.57 Å². The van der Waals surface area contributed by atoms with Gasteiger partial charge in [-0.05, 0) is 24.8 Å². The van der Waals surface area contributed by atoms with E-state index in [2.05, 4.69) is 11.4 Å². The number of carbonyl (C=O) groups is 2. The quantitative estimate of drug-likeness (QED) is 0.512. The fraction of sp³-hybridized carbons (Fsp3) is 0.312. The molecule has 0 amide bonds. The molecule has 0 bridgehead atoms. The minimum Gasteiger partial charge on any atom is -0.478 e. The van der Waals surface area contributed by atoms with E-state index in [-0.39, 0.29) is 12.0 Å². The van der Waals surface area contributed by atoms with E-state index in [0.717, 1.165) is 12.0 Å². The molecule has 5 nitrogen and oxygen atoms in total. The number of aliphatic carboxylic acids is 1. The maximum absolute atomic E-state index is 11.9. The highest BCUT2D eigenvalue weighted by Crippen LogP contribution is 2.45. The van der Waals surface area contributed by atoms with Gasteiger partial charge in [-0.2, -0.15) is 0 Å². The molecule has 1 N–H and O–H groups in total. The Labute approximate surface area is 122 Å². The van der Waals surface area contributed by atoms with Gasteiger partial charge in [0.15, 0.2) is 5.69 Å². The van der Waals surface area contributed by atoms with Gasteiger partial charge in [0.05, 0.1) is 13.0 Å². The Kier molecular flexibility index (Phi) is 4.08. The first-order chi connectivity index (χ1) is 9.97. The number of ether oxygens (including phenoxy) is 1. The zero-order valence-corrected chi connectivity index (χ0v) is 11.5. The minimum absolute atomic E-state index is 0.183. The molecule has 2 rings (SSSR count). The fourth-order valence-electron chi connectivity index (χ4n) is 2.29. The Morgan fingerprint density at radius 3 is 2.38 bits per heavy atom. The number of hydrogen-bond donors (Lipinski definition) is 1. The van der Waals surface area contributed by atoms with Crippen LogP contribution in [0, 0.1) is 6.57 Å². The van der Waals surface area contributed by atoms with Crippen LogP contribution in [0.5, 0.6) is 0 Å². The van der Waals surface area contributed by atoms with Crippen LogP contribution in [0.15, 0.2) is 36.4 Å². The first-order valence-corrected chi connectivity index (χ1v) is 6.58. The molecule has 5 heteroatoms. The number of nitrogens with zero attached hydrogens (tertiary/aromatic N) is 1. The van der Waals surface area contributed by atoms with Gasteiger partial charge >= 0.3 is 11.9 Å². The molecule has 0 spiro atoms. The van der Waals surface area contributed by atoms with Crippen molar-refractivity contribution >= 4 is 17.6 Å². The van der Waals surface area contributed by atoms with Crippen LogP contribution in [0.25, 0.3) is 4.85 Å². The number of rotatable bonds is 5. The molecule has 0 aromatic heterocycles. The van der Waals surface area contributed by atoms with E-state index in [4.69, 9.17) is 16.4 Å². The van der Waals surface area contributed by atoms with Crippen molar-refractivity contribution in [3.8, 4) is 0 Å². The van der Waals surface area contributed by atoms with E-state index in [1.807, 2.05) is 0 Å². The first kappa shape index (κ1) is 14.8. The maximum atomic E-state index is 11.9. The van der Waals surface area contributed by atoms with E-state index >= 15 is 0 Å². The van der Waals surface area contributed by atoms with Gasteiger partial charge < -0.3 is 9.84 Å². The molecule has 0 heterocycles. The van der Waals surface area contributed by atoms with Crippen molar-refractivity contribution < 1.29 is 19.4 Å². The minimum atomic E-state index is -1.20. The third kappa shape index (κ3) is 3.11. The van der Waals surface area contributed by atoms with Crippen LogP contribution in [0.2, 0.25) is 0 Å². The van der Waals surface area contributed by atoms with E-state index in [0.29, 0.717) is 18.5 Å². The van der Waals surface area contributed by atoms with Crippen LogP contribution >= 0.6 is 0 Å². The lowest BCUT2D eigenvalue weighted by molar-refractivity contribution is -0.171. The van der Waals surface area contributed by atoms with Gasteiger partial charge in [-0.3, -0.25) is 4.79 Å². The van der Waals surface area contributed by atoms with Gasteiger partial charge in [-0.1, -0.05) is 30.8 Å². The highest BCUT2D eigenvalue weighted by molar-refractivity contribution is 5.91. The maximum Gasteiger partial charge on any atom is 0.331 e. The lowest BCUT2D eigenvalue weighted by atomic mass is 9.74. The van der Waals surface area contributed by atoms with Crippen molar-refractivity contribution in [1.82, 2.24) is 0 Å². The number of carboxylic acid groups (broad SMARTS) is 1. The second-order valence-corrected chi connectivity index (χ2v) is 5.07. The summed E-state index contributed by atoms with van der Waals surface area (Å²) in [7, 11) is 0. The molecule has 1 aliphatic carbocycles. The largest absolute Gasteiger partial charge is 0.478 e. The fourth-order valence-corrected chi connectivity index (χ4v) is 2.29. The number of carboxylic acids is 1. The smallest absolute Gasteiger partial charge is 0.331 e. The molecule has 0 unspecified atom stereocenters. The summed E-state index contributed by atoms with van der Waals surface area (Å²) < 4.78 is 5.51. The normalized spacial score (nSPS) is 15.4.